The Kier molecular flexibility index (Phi) is 2.68. The molecule has 2 rings (SSSR count). The van der Waals surface area contributed by atoms with E-state index in [1.807, 2.05) is 24.3 Å². The lowest BCUT2D eigenvalue weighted by atomic mass is 10.3. The van der Waals surface area contributed by atoms with E-state index in [1.54, 1.807) is 7.11 Å². The first-order chi connectivity index (χ1) is 6.88. The minimum atomic E-state index is 0.801. The van der Waals surface area contributed by atoms with Gasteiger partial charge in [0.25, 0.3) is 0 Å². The number of rotatable bonds is 2. The standard InChI is InChI=1S/C11H13NO2/c1-13-10-6-4-9(5-7-10)12-11-3-2-8-14-11/h4-7H,2-3,8H2,1H3. The van der Waals surface area contributed by atoms with E-state index in [4.69, 9.17) is 9.47 Å². The Hall–Kier alpha value is -1.51. The summed E-state index contributed by atoms with van der Waals surface area (Å²) in [6.45, 7) is 0.801. The molecule has 0 amide bonds. The van der Waals surface area contributed by atoms with Crippen LogP contribution in [0.3, 0.4) is 0 Å². The fourth-order valence-corrected chi connectivity index (χ4v) is 1.37. The molecule has 74 valence electrons. The molecule has 0 aromatic heterocycles. The molecule has 3 nitrogen and oxygen atoms in total. The van der Waals surface area contributed by atoms with E-state index in [-0.39, 0.29) is 0 Å². The fraction of sp³-hybridized carbons (Fsp3) is 0.364. The number of benzene rings is 1. The van der Waals surface area contributed by atoms with Crippen molar-refractivity contribution in [3.05, 3.63) is 24.3 Å². The smallest absolute Gasteiger partial charge is 0.188 e. The van der Waals surface area contributed by atoms with Gasteiger partial charge in [-0.2, -0.15) is 0 Å². The molecular formula is C11H13NO2. The van der Waals surface area contributed by atoms with Crippen LogP contribution in [0.4, 0.5) is 5.69 Å². The highest BCUT2D eigenvalue weighted by Crippen LogP contribution is 2.19. The van der Waals surface area contributed by atoms with Gasteiger partial charge < -0.3 is 9.47 Å². The third kappa shape index (κ3) is 2.05. The number of methoxy groups -OCH3 is 1. The van der Waals surface area contributed by atoms with Gasteiger partial charge in [-0.3, -0.25) is 0 Å². The van der Waals surface area contributed by atoms with Crippen molar-refractivity contribution < 1.29 is 9.47 Å². The fourth-order valence-electron chi connectivity index (χ4n) is 1.37. The first-order valence-electron chi connectivity index (χ1n) is 4.73. The number of nitrogens with zero attached hydrogens (tertiary/aromatic N) is 1. The summed E-state index contributed by atoms with van der Waals surface area (Å²) in [5, 5.41) is 0. The van der Waals surface area contributed by atoms with Crippen molar-refractivity contribution in [2.45, 2.75) is 12.8 Å². The molecule has 14 heavy (non-hydrogen) atoms. The van der Waals surface area contributed by atoms with E-state index in [9.17, 15) is 0 Å². The van der Waals surface area contributed by atoms with Crippen LogP contribution in [0.25, 0.3) is 0 Å². The van der Waals surface area contributed by atoms with E-state index < -0.39 is 0 Å². The van der Waals surface area contributed by atoms with Gasteiger partial charge in [0.1, 0.15) is 5.75 Å². The zero-order chi connectivity index (χ0) is 9.80. The topological polar surface area (TPSA) is 30.8 Å². The first-order valence-corrected chi connectivity index (χ1v) is 4.73. The van der Waals surface area contributed by atoms with E-state index in [0.717, 1.165) is 36.8 Å². The molecule has 0 saturated carbocycles. The lowest BCUT2D eigenvalue weighted by Gasteiger charge is -2.00. The van der Waals surface area contributed by atoms with Crippen LogP contribution < -0.4 is 4.74 Å². The van der Waals surface area contributed by atoms with Crippen LogP contribution in [-0.2, 0) is 4.74 Å². The minimum Gasteiger partial charge on any atom is -0.497 e. The van der Waals surface area contributed by atoms with Crippen molar-refractivity contribution >= 4 is 11.6 Å². The molecule has 1 aliphatic heterocycles. The molecule has 3 heteroatoms. The average molecular weight is 191 g/mol. The highest BCUT2D eigenvalue weighted by atomic mass is 16.5. The van der Waals surface area contributed by atoms with Crippen LogP contribution in [0.2, 0.25) is 0 Å². The van der Waals surface area contributed by atoms with Crippen LogP contribution in [0.1, 0.15) is 12.8 Å². The van der Waals surface area contributed by atoms with Crippen LogP contribution >= 0.6 is 0 Å². The maximum atomic E-state index is 5.33. The van der Waals surface area contributed by atoms with Crippen molar-refractivity contribution in [3.63, 3.8) is 0 Å². The molecule has 0 bridgehead atoms. The van der Waals surface area contributed by atoms with Gasteiger partial charge in [0, 0.05) is 6.42 Å². The maximum Gasteiger partial charge on any atom is 0.188 e. The van der Waals surface area contributed by atoms with Gasteiger partial charge in [-0.15, -0.1) is 0 Å². The second-order valence-corrected chi connectivity index (χ2v) is 3.16. The van der Waals surface area contributed by atoms with Gasteiger partial charge in [0.15, 0.2) is 5.90 Å². The van der Waals surface area contributed by atoms with Crippen LogP contribution in [-0.4, -0.2) is 19.6 Å². The van der Waals surface area contributed by atoms with Gasteiger partial charge in [-0.1, -0.05) is 0 Å². The Morgan fingerprint density at radius 2 is 2.07 bits per heavy atom. The lowest BCUT2D eigenvalue weighted by molar-refractivity contribution is 0.344. The summed E-state index contributed by atoms with van der Waals surface area (Å²) in [5.41, 5.74) is 0.919. The third-order valence-electron chi connectivity index (χ3n) is 2.13. The van der Waals surface area contributed by atoms with Crippen molar-refractivity contribution in [1.29, 1.82) is 0 Å². The first kappa shape index (κ1) is 9.06. The van der Waals surface area contributed by atoms with Crippen molar-refractivity contribution in [2.24, 2.45) is 4.99 Å². The Balaban J connectivity index is 2.12. The van der Waals surface area contributed by atoms with Gasteiger partial charge in [0.2, 0.25) is 0 Å². The SMILES string of the molecule is COc1ccc(N=C2CCCO2)cc1. The van der Waals surface area contributed by atoms with E-state index in [2.05, 4.69) is 4.99 Å². The van der Waals surface area contributed by atoms with E-state index in [0.29, 0.717) is 0 Å². The van der Waals surface area contributed by atoms with E-state index in [1.165, 1.54) is 0 Å². The van der Waals surface area contributed by atoms with Crippen LogP contribution in [0.15, 0.2) is 29.3 Å². The molecular weight excluding hydrogens is 178 g/mol. The highest BCUT2D eigenvalue weighted by molar-refractivity contribution is 5.80. The predicted molar refractivity (Wildman–Crippen MR) is 55.3 cm³/mol. The summed E-state index contributed by atoms with van der Waals surface area (Å²) in [6.07, 6.45) is 2.03. The summed E-state index contributed by atoms with van der Waals surface area (Å²) < 4.78 is 10.4. The monoisotopic (exact) mass is 191 g/mol. The second-order valence-electron chi connectivity index (χ2n) is 3.16. The zero-order valence-electron chi connectivity index (χ0n) is 8.19. The Bertz CT molecular complexity index is 322. The summed E-state index contributed by atoms with van der Waals surface area (Å²) >= 11 is 0. The van der Waals surface area contributed by atoms with Crippen molar-refractivity contribution in [1.82, 2.24) is 0 Å². The van der Waals surface area contributed by atoms with Gasteiger partial charge >= 0.3 is 0 Å². The molecule has 1 aliphatic rings. The molecule has 1 aromatic rings. The molecule has 0 unspecified atom stereocenters. The second kappa shape index (κ2) is 4.13. The Labute approximate surface area is 83.4 Å². The molecule has 1 fully saturated rings. The van der Waals surface area contributed by atoms with Gasteiger partial charge in [-0.05, 0) is 30.7 Å². The Morgan fingerprint density at radius 1 is 1.29 bits per heavy atom. The molecule has 0 atom stereocenters. The minimum absolute atomic E-state index is 0.801. The van der Waals surface area contributed by atoms with Crippen LogP contribution in [0.5, 0.6) is 5.75 Å². The molecule has 0 spiro atoms. The number of hydrogen-bond acceptors (Lipinski definition) is 3. The largest absolute Gasteiger partial charge is 0.497 e. The molecule has 1 heterocycles. The summed E-state index contributed by atoms with van der Waals surface area (Å²) in [7, 11) is 1.65. The summed E-state index contributed by atoms with van der Waals surface area (Å²) in [6, 6.07) is 7.64. The Morgan fingerprint density at radius 3 is 2.64 bits per heavy atom. The van der Waals surface area contributed by atoms with Gasteiger partial charge in [0.05, 0.1) is 19.4 Å². The number of aliphatic imine (C=N–C) groups is 1. The third-order valence-corrected chi connectivity index (χ3v) is 2.13. The van der Waals surface area contributed by atoms with Crippen molar-refractivity contribution in [3.8, 4) is 5.75 Å². The van der Waals surface area contributed by atoms with Gasteiger partial charge in [-0.25, -0.2) is 4.99 Å². The maximum absolute atomic E-state index is 5.33. The predicted octanol–water partition coefficient (Wildman–Crippen LogP) is 2.54. The normalized spacial score (nSPS) is 18.2. The average Bonchev–Trinajstić information content (AvgIpc) is 2.72. The van der Waals surface area contributed by atoms with Crippen LogP contribution in [0, 0.1) is 0 Å². The van der Waals surface area contributed by atoms with E-state index >= 15 is 0 Å². The summed E-state index contributed by atoms with van der Waals surface area (Å²) in [4.78, 5) is 4.37. The number of hydrogen-bond donors (Lipinski definition) is 0. The molecule has 1 aromatic carbocycles. The van der Waals surface area contributed by atoms with Crippen molar-refractivity contribution in [2.75, 3.05) is 13.7 Å². The summed E-state index contributed by atoms with van der Waals surface area (Å²) in [5.74, 6) is 1.69. The quantitative estimate of drug-likeness (QED) is 0.719. The molecule has 1 saturated heterocycles. The molecule has 0 N–H and O–H groups in total. The number of ether oxygens (including phenoxy) is 2. The molecule has 0 aliphatic carbocycles. The molecule has 0 radical (unpaired) electrons. The zero-order valence-corrected chi connectivity index (χ0v) is 8.19. The lowest BCUT2D eigenvalue weighted by Crippen LogP contribution is -1.91. The highest BCUT2D eigenvalue weighted by Gasteiger charge is 2.08.